The Hall–Kier alpha value is -1.54. The number of amides is 2. The molecule has 140 valence electrons. The minimum absolute atomic E-state index is 0.00302. The molecule has 1 fully saturated rings. The van der Waals surface area contributed by atoms with Crippen LogP contribution in [0.2, 0.25) is 0 Å². The lowest BCUT2D eigenvalue weighted by atomic mass is 10.2. The smallest absolute Gasteiger partial charge is 0.373 e. The average molecular weight is 611 g/mol. The Balaban J connectivity index is 1.81. The van der Waals surface area contributed by atoms with E-state index in [1.165, 1.54) is 19.2 Å². The highest BCUT2D eigenvalue weighted by Gasteiger charge is 2.35. The summed E-state index contributed by atoms with van der Waals surface area (Å²) in [6, 6.07) is 6.39. The standard InChI is InChI=1S/C17H11I2NO6S/c1-25-16(23)12-3-2-9(26-12)7-20-15(22)13(27-17(20)24)6-8-4-10(18)14(21)11(19)5-8/h2-6,21H,7H2,1H3/b13-6+. The number of imide groups is 1. The molecular formula is C17H11I2NO6S. The molecule has 1 aromatic carbocycles. The number of phenols is 1. The van der Waals surface area contributed by atoms with Gasteiger partial charge in [0.05, 0.1) is 25.7 Å². The Morgan fingerprint density at radius 1 is 1.30 bits per heavy atom. The second kappa shape index (κ2) is 8.22. The van der Waals surface area contributed by atoms with Crippen molar-refractivity contribution in [3.63, 3.8) is 0 Å². The van der Waals surface area contributed by atoms with E-state index in [0.717, 1.165) is 16.7 Å². The highest BCUT2D eigenvalue weighted by Crippen LogP contribution is 2.35. The van der Waals surface area contributed by atoms with Gasteiger partial charge in [-0.3, -0.25) is 14.5 Å². The fourth-order valence-corrected chi connectivity index (χ4v) is 4.94. The van der Waals surface area contributed by atoms with E-state index < -0.39 is 17.1 Å². The lowest BCUT2D eigenvalue weighted by molar-refractivity contribution is -0.123. The van der Waals surface area contributed by atoms with Crippen molar-refractivity contribution in [2.75, 3.05) is 7.11 Å². The molecule has 2 aromatic rings. The predicted molar refractivity (Wildman–Crippen MR) is 115 cm³/mol. The van der Waals surface area contributed by atoms with Gasteiger partial charge >= 0.3 is 5.97 Å². The number of ether oxygens (including phenoxy) is 1. The number of rotatable bonds is 4. The van der Waals surface area contributed by atoms with Gasteiger partial charge in [0.2, 0.25) is 5.76 Å². The Morgan fingerprint density at radius 3 is 2.59 bits per heavy atom. The minimum atomic E-state index is -0.633. The van der Waals surface area contributed by atoms with Crippen molar-refractivity contribution in [3.8, 4) is 5.75 Å². The molecule has 3 rings (SSSR count). The van der Waals surface area contributed by atoms with Crippen LogP contribution in [0.4, 0.5) is 4.79 Å². The Morgan fingerprint density at radius 2 is 1.96 bits per heavy atom. The number of methoxy groups -OCH3 is 1. The molecule has 2 amide bonds. The van der Waals surface area contributed by atoms with Crippen molar-refractivity contribution in [2.24, 2.45) is 0 Å². The molecule has 7 nitrogen and oxygen atoms in total. The van der Waals surface area contributed by atoms with Crippen LogP contribution in [0.25, 0.3) is 6.08 Å². The van der Waals surface area contributed by atoms with Crippen LogP contribution in [0.3, 0.4) is 0 Å². The molecule has 1 aliphatic rings. The number of esters is 1. The number of hydrogen-bond acceptors (Lipinski definition) is 7. The van der Waals surface area contributed by atoms with Gasteiger partial charge in [0.1, 0.15) is 11.5 Å². The fraction of sp³-hybridized carbons (Fsp3) is 0.118. The van der Waals surface area contributed by atoms with Crippen LogP contribution in [0.15, 0.2) is 33.6 Å². The molecule has 0 aliphatic carbocycles. The van der Waals surface area contributed by atoms with Crippen LogP contribution >= 0.6 is 56.9 Å². The van der Waals surface area contributed by atoms with E-state index in [-0.39, 0.29) is 23.0 Å². The normalized spacial score (nSPS) is 15.7. The van der Waals surface area contributed by atoms with Crippen molar-refractivity contribution < 1.29 is 28.6 Å². The van der Waals surface area contributed by atoms with Crippen LogP contribution in [0, 0.1) is 7.14 Å². The van der Waals surface area contributed by atoms with Crippen molar-refractivity contribution in [3.05, 3.63) is 53.4 Å². The number of phenolic OH excluding ortho intramolecular Hbond substituents is 1. The molecule has 1 saturated heterocycles. The zero-order chi connectivity index (χ0) is 19.7. The zero-order valence-corrected chi connectivity index (χ0v) is 18.8. The number of aromatic hydroxyl groups is 1. The Bertz CT molecular complexity index is 961. The van der Waals surface area contributed by atoms with Crippen molar-refractivity contribution >= 4 is 80.1 Å². The third kappa shape index (κ3) is 4.32. The van der Waals surface area contributed by atoms with Crippen molar-refractivity contribution in [1.29, 1.82) is 0 Å². The summed E-state index contributed by atoms with van der Waals surface area (Å²) in [5, 5.41) is 9.41. The molecule has 10 heteroatoms. The van der Waals surface area contributed by atoms with Crippen LogP contribution in [-0.4, -0.2) is 34.2 Å². The van der Waals surface area contributed by atoms with E-state index in [9.17, 15) is 19.5 Å². The summed E-state index contributed by atoms with van der Waals surface area (Å²) in [5.74, 6) is -0.595. The van der Waals surface area contributed by atoms with Gasteiger partial charge < -0.3 is 14.3 Å². The second-order valence-corrected chi connectivity index (χ2v) is 8.68. The van der Waals surface area contributed by atoms with Crippen molar-refractivity contribution in [2.45, 2.75) is 6.54 Å². The van der Waals surface area contributed by atoms with Gasteiger partial charge in [-0.25, -0.2) is 4.79 Å². The number of carbonyl (C=O) groups excluding carboxylic acids is 3. The second-order valence-electron chi connectivity index (χ2n) is 5.36. The molecule has 0 saturated carbocycles. The fourth-order valence-electron chi connectivity index (χ4n) is 2.29. The van der Waals surface area contributed by atoms with Crippen molar-refractivity contribution in [1.82, 2.24) is 4.90 Å². The monoisotopic (exact) mass is 611 g/mol. The SMILES string of the molecule is COC(=O)c1ccc(CN2C(=O)S/C(=C/c3cc(I)c(O)c(I)c3)C2=O)o1. The predicted octanol–water partition coefficient (Wildman–Crippen LogP) is 4.22. The number of hydrogen-bond donors (Lipinski definition) is 1. The topological polar surface area (TPSA) is 97.0 Å². The van der Waals surface area contributed by atoms with E-state index in [4.69, 9.17) is 4.42 Å². The van der Waals surface area contributed by atoms with Crippen LogP contribution in [0.5, 0.6) is 5.75 Å². The summed E-state index contributed by atoms with van der Waals surface area (Å²) in [5.41, 5.74) is 0.707. The maximum absolute atomic E-state index is 12.6. The summed E-state index contributed by atoms with van der Waals surface area (Å²) in [6.07, 6.45) is 1.61. The van der Waals surface area contributed by atoms with Crippen LogP contribution < -0.4 is 0 Å². The summed E-state index contributed by atoms with van der Waals surface area (Å²) in [4.78, 5) is 37.6. The number of nitrogens with zero attached hydrogens (tertiary/aromatic N) is 1. The molecule has 1 aromatic heterocycles. The maximum Gasteiger partial charge on any atom is 0.373 e. The first-order chi connectivity index (χ1) is 12.8. The van der Waals surface area contributed by atoms with Gasteiger partial charge in [-0.1, -0.05) is 0 Å². The van der Waals surface area contributed by atoms with Crippen LogP contribution in [-0.2, 0) is 16.1 Å². The van der Waals surface area contributed by atoms with E-state index in [2.05, 4.69) is 4.74 Å². The Labute approximate surface area is 185 Å². The third-order valence-electron chi connectivity index (χ3n) is 3.57. The quantitative estimate of drug-likeness (QED) is 0.315. The molecule has 0 bridgehead atoms. The largest absolute Gasteiger partial charge is 0.506 e. The highest BCUT2D eigenvalue weighted by atomic mass is 127. The molecule has 0 radical (unpaired) electrons. The number of furan rings is 1. The summed E-state index contributed by atoms with van der Waals surface area (Å²) >= 11 is 4.82. The first kappa shape index (κ1) is 20.2. The first-order valence-corrected chi connectivity index (χ1v) is 10.4. The summed E-state index contributed by atoms with van der Waals surface area (Å²) in [7, 11) is 1.23. The molecule has 0 atom stereocenters. The van der Waals surface area contributed by atoms with Crippen LogP contribution in [0.1, 0.15) is 21.9 Å². The molecule has 2 heterocycles. The van der Waals surface area contributed by atoms with Gasteiger partial charge in [0.25, 0.3) is 11.1 Å². The van der Waals surface area contributed by atoms with Gasteiger partial charge in [0.15, 0.2) is 0 Å². The molecule has 1 aliphatic heterocycles. The van der Waals surface area contributed by atoms with E-state index in [0.29, 0.717) is 18.5 Å². The number of thioether (sulfide) groups is 1. The van der Waals surface area contributed by atoms with Gasteiger partial charge in [-0.15, -0.1) is 0 Å². The van der Waals surface area contributed by atoms with E-state index >= 15 is 0 Å². The minimum Gasteiger partial charge on any atom is -0.506 e. The molecule has 0 unspecified atom stereocenters. The van der Waals surface area contributed by atoms with E-state index in [1.807, 2.05) is 45.2 Å². The summed E-state index contributed by atoms with van der Waals surface area (Å²) < 4.78 is 11.2. The maximum atomic E-state index is 12.6. The Kier molecular flexibility index (Phi) is 6.15. The molecule has 0 spiro atoms. The van der Waals surface area contributed by atoms with Gasteiger partial charge in [-0.05, 0) is 92.8 Å². The first-order valence-electron chi connectivity index (χ1n) is 7.40. The molecular weight excluding hydrogens is 600 g/mol. The van der Waals surface area contributed by atoms with E-state index in [1.54, 1.807) is 18.2 Å². The number of benzene rings is 1. The lowest BCUT2D eigenvalue weighted by Gasteiger charge is -2.10. The summed E-state index contributed by atoms with van der Waals surface area (Å²) in [6.45, 7) is -0.0797. The zero-order valence-electron chi connectivity index (χ0n) is 13.7. The third-order valence-corrected chi connectivity index (χ3v) is 6.12. The lowest BCUT2D eigenvalue weighted by Crippen LogP contribution is -2.27. The number of halogens is 2. The highest BCUT2D eigenvalue weighted by molar-refractivity contribution is 14.1. The molecule has 1 N–H and O–H groups in total. The number of carbonyl (C=O) groups is 3. The average Bonchev–Trinajstić information content (AvgIpc) is 3.20. The van der Waals surface area contributed by atoms with Gasteiger partial charge in [0, 0.05) is 0 Å². The van der Waals surface area contributed by atoms with Gasteiger partial charge in [-0.2, -0.15) is 0 Å². The molecule has 27 heavy (non-hydrogen) atoms.